The number of benzene rings is 1. The summed E-state index contributed by atoms with van der Waals surface area (Å²) in [6, 6.07) is 6.55. The zero-order chi connectivity index (χ0) is 17.4. The van der Waals surface area contributed by atoms with Crippen molar-refractivity contribution in [1.82, 2.24) is 19.9 Å². The monoisotopic (exact) mass is 338 g/mol. The Hall–Kier alpha value is -2.76. The molecule has 0 spiro atoms. The van der Waals surface area contributed by atoms with Crippen LogP contribution in [0.4, 0.5) is 4.39 Å². The lowest BCUT2D eigenvalue weighted by Crippen LogP contribution is -2.39. The lowest BCUT2D eigenvalue weighted by atomic mass is 9.94. The fourth-order valence-electron chi connectivity index (χ4n) is 3.49. The fourth-order valence-corrected chi connectivity index (χ4v) is 3.49. The Morgan fingerprint density at radius 2 is 2.24 bits per heavy atom. The number of hydrogen-bond donors (Lipinski definition) is 1. The van der Waals surface area contributed by atoms with Crippen LogP contribution in [0.5, 0.6) is 0 Å². The molecule has 0 radical (unpaired) electrons. The quantitative estimate of drug-likeness (QED) is 0.779. The van der Waals surface area contributed by atoms with Gasteiger partial charge in [0.1, 0.15) is 11.5 Å². The molecular weight excluding hydrogens is 319 g/mol. The van der Waals surface area contributed by atoms with Crippen LogP contribution in [0.2, 0.25) is 0 Å². The zero-order valence-electron chi connectivity index (χ0n) is 14.0. The van der Waals surface area contributed by atoms with Gasteiger partial charge in [0.05, 0.1) is 16.9 Å². The minimum atomic E-state index is -0.344. The van der Waals surface area contributed by atoms with E-state index in [-0.39, 0.29) is 17.6 Å². The average molecular weight is 338 g/mol. The molecule has 0 unspecified atom stereocenters. The normalized spacial score (nSPS) is 17.8. The number of likely N-dealkylation sites (tertiary alicyclic amines) is 1. The SMILES string of the molecule is Cc1cncc([C@H]2CCCN(C(=O)c3cc4cccc(F)c4[nH]3)C2)n1. The topological polar surface area (TPSA) is 61.9 Å². The number of hydrogen-bond acceptors (Lipinski definition) is 3. The van der Waals surface area contributed by atoms with E-state index in [4.69, 9.17) is 0 Å². The van der Waals surface area contributed by atoms with E-state index in [2.05, 4.69) is 15.0 Å². The minimum absolute atomic E-state index is 0.0964. The first kappa shape index (κ1) is 15.7. The van der Waals surface area contributed by atoms with Crippen molar-refractivity contribution in [3.8, 4) is 0 Å². The fraction of sp³-hybridized carbons (Fsp3) is 0.316. The molecule has 3 aromatic rings. The van der Waals surface area contributed by atoms with E-state index in [1.807, 2.05) is 11.8 Å². The number of rotatable bonds is 2. The molecule has 6 heteroatoms. The molecule has 1 aliphatic rings. The second kappa shape index (κ2) is 6.27. The van der Waals surface area contributed by atoms with Crippen LogP contribution in [-0.2, 0) is 0 Å². The summed E-state index contributed by atoms with van der Waals surface area (Å²) in [4.78, 5) is 26.4. The van der Waals surface area contributed by atoms with Crippen molar-refractivity contribution in [3.63, 3.8) is 0 Å². The lowest BCUT2D eigenvalue weighted by Gasteiger charge is -2.32. The van der Waals surface area contributed by atoms with Gasteiger partial charge in [-0.15, -0.1) is 0 Å². The van der Waals surface area contributed by atoms with E-state index in [1.165, 1.54) is 6.07 Å². The smallest absolute Gasteiger partial charge is 0.270 e. The highest BCUT2D eigenvalue weighted by Crippen LogP contribution is 2.27. The number of carbonyl (C=O) groups is 1. The molecule has 1 saturated heterocycles. The Morgan fingerprint density at radius 1 is 1.36 bits per heavy atom. The van der Waals surface area contributed by atoms with E-state index in [9.17, 15) is 9.18 Å². The van der Waals surface area contributed by atoms with Crippen LogP contribution in [0.3, 0.4) is 0 Å². The molecule has 25 heavy (non-hydrogen) atoms. The summed E-state index contributed by atoms with van der Waals surface area (Å²) in [5.74, 6) is -0.254. The van der Waals surface area contributed by atoms with E-state index < -0.39 is 0 Å². The van der Waals surface area contributed by atoms with E-state index in [1.54, 1.807) is 30.6 Å². The summed E-state index contributed by atoms with van der Waals surface area (Å²) in [6.45, 7) is 3.22. The van der Waals surface area contributed by atoms with Gasteiger partial charge >= 0.3 is 0 Å². The summed E-state index contributed by atoms with van der Waals surface area (Å²) in [6.07, 6.45) is 5.42. The first-order valence-electron chi connectivity index (χ1n) is 8.47. The van der Waals surface area contributed by atoms with Crippen LogP contribution in [-0.4, -0.2) is 38.8 Å². The number of fused-ring (bicyclic) bond motifs is 1. The maximum absolute atomic E-state index is 13.9. The van der Waals surface area contributed by atoms with Crippen LogP contribution < -0.4 is 0 Å². The number of aryl methyl sites for hydroxylation is 1. The maximum atomic E-state index is 13.9. The van der Waals surface area contributed by atoms with Gasteiger partial charge in [-0.3, -0.25) is 14.8 Å². The van der Waals surface area contributed by atoms with Gasteiger partial charge in [0.25, 0.3) is 5.91 Å². The average Bonchev–Trinajstić information content (AvgIpc) is 3.07. The molecule has 5 nitrogen and oxygen atoms in total. The Labute approximate surface area is 144 Å². The number of amides is 1. The number of piperidine rings is 1. The van der Waals surface area contributed by atoms with Gasteiger partial charge in [0, 0.05) is 36.8 Å². The summed E-state index contributed by atoms with van der Waals surface area (Å²) in [5, 5.41) is 0.710. The minimum Gasteiger partial charge on any atom is -0.348 e. The van der Waals surface area contributed by atoms with Crippen LogP contribution in [0.15, 0.2) is 36.7 Å². The first-order valence-corrected chi connectivity index (χ1v) is 8.47. The summed E-state index contributed by atoms with van der Waals surface area (Å²) in [7, 11) is 0. The number of H-pyrrole nitrogens is 1. The second-order valence-corrected chi connectivity index (χ2v) is 6.56. The second-order valence-electron chi connectivity index (χ2n) is 6.56. The standard InChI is InChI=1S/C19H19FN4O/c1-12-9-21-10-17(22-12)14-5-3-7-24(11-14)19(25)16-8-13-4-2-6-15(20)18(13)23-16/h2,4,6,8-10,14,23H,3,5,7,11H2,1H3/t14-/m0/s1. The Bertz CT molecular complexity index is 936. The largest absolute Gasteiger partial charge is 0.348 e. The molecule has 1 amide bonds. The third kappa shape index (κ3) is 2.99. The van der Waals surface area contributed by atoms with Crippen molar-refractivity contribution < 1.29 is 9.18 Å². The third-order valence-corrected chi connectivity index (χ3v) is 4.74. The number of nitrogens with zero attached hydrogens (tertiary/aromatic N) is 3. The van der Waals surface area contributed by atoms with Gasteiger partial charge in [-0.25, -0.2) is 4.39 Å². The number of nitrogens with one attached hydrogen (secondary N) is 1. The van der Waals surface area contributed by atoms with Crippen molar-refractivity contribution >= 4 is 16.8 Å². The molecule has 1 N–H and O–H groups in total. The van der Waals surface area contributed by atoms with Crippen molar-refractivity contribution in [2.45, 2.75) is 25.7 Å². The predicted molar refractivity (Wildman–Crippen MR) is 92.9 cm³/mol. The molecule has 128 valence electrons. The maximum Gasteiger partial charge on any atom is 0.270 e. The number of para-hydroxylation sites is 1. The molecule has 2 aromatic heterocycles. The lowest BCUT2D eigenvalue weighted by molar-refractivity contribution is 0.0700. The summed E-state index contributed by atoms with van der Waals surface area (Å²) >= 11 is 0. The molecule has 0 aliphatic carbocycles. The number of aromatic amines is 1. The molecule has 1 aliphatic heterocycles. The van der Waals surface area contributed by atoms with E-state index in [0.29, 0.717) is 29.7 Å². The number of carbonyl (C=O) groups excluding carboxylic acids is 1. The molecule has 1 aromatic carbocycles. The van der Waals surface area contributed by atoms with Gasteiger partial charge in [0.15, 0.2) is 0 Å². The van der Waals surface area contributed by atoms with Crippen molar-refractivity contribution in [1.29, 1.82) is 0 Å². The predicted octanol–water partition coefficient (Wildman–Crippen LogP) is 3.43. The van der Waals surface area contributed by atoms with Crippen molar-refractivity contribution in [3.05, 3.63) is 59.6 Å². The molecule has 1 fully saturated rings. The van der Waals surface area contributed by atoms with E-state index >= 15 is 0 Å². The van der Waals surface area contributed by atoms with Gasteiger partial charge in [-0.05, 0) is 31.9 Å². The van der Waals surface area contributed by atoms with Gasteiger partial charge in [-0.2, -0.15) is 0 Å². The Balaban J connectivity index is 1.57. The van der Waals surface area contributed by atoms with Crippen LogP contribution in [0.25, 0.3) is 10.9 Å². The van der Waals surface area contributed by atoms with Crippen LogP contribution >= 0.6 is 0 Å². The van der Waals surface area contributed by atoms with E-state index in [0.717, 1.165) is 24.2 Å². The molecule has 0 bridgehead atoms. The Kier molecular flexibility index (Phi) is 3.95. The molecule has 1 atom stereocenters. The van der Waals surface area contributed by atoms with Crippen LogP contribution in [0, 0.1) is 12.7 Å². The molecular formula is C19H19FN4O. The van der Waals surface area contributed by atoms with Crippen molar-refractivity contribution in [2.75, 3.05) is 13.1 Å². The highest BCUT2D eigenvalue weighted by Gasteiger charge is 2.27. The summed E-state index contributed by atoms with van der Waals surface area (Å²) in [5.41, 5.74) is 2.62. The molecule has 0 saturated carbocycles. The van der Waals surface area contributed by atoms with Gasteiger partial charge < -0.3 is 9.88 Å². The first-order chi connectivity index (χ1) is 12.1. The summed E-state index contributed by atoms with van der Waals surface area (Å²) < 4.78 is 13.9. The van der Waals surface area contributed by atoms with Crippen LogP contribution in [0.1, 0.15) is 40.6 Å². The van der Waals surface area contributed by atoms with Gasteiger partial charge in [0.2, 0.25) is 0 Å². The van der Waals surface area contributed by atoms with Crippen molar-refractivity contribution in [2.24, 2.45) is 0 Å². The Morgan fingerprint density at radius 3 is 3.04 bits per heavy atom. The van der Waals surface area contributed by atoms with Gasteiger partial charge in [-0.1, -0.05) is 12.1 Å². The number of aromatic nitrogens is 3. The molecule has 3 heterocycles. The highest BCUT2D eigenvalue weighted by atomic mass is 19.1. The molecule has 4 rings (SSSR count). The third-order valence-electron chi connectivity index (χ3n) is 4.74. The highest BCUT2D eigenvalue weighted by molar-refractivity contribution is 5.98. The zero-order valence-corrected chi connectivity index (χ0v) is 14.0. The number of halogens is 1.